The van der Waals surface area contributed by atoms with E-state index in [1.807, 2.05) is 32.0 Å². The van der Waals surface area contributed by atoms with Crippen LogP contribution in [0.3, 0.4) is 0 Å². The third kappa shape index (κ3) is 5.80. The molecule has 0 unspecified atom stereocenters. The second-order valence-corrected chi connectivity index (χ2v) is 9.67. The number of sulfonamides is 1. The predicted molar refractivity (Wildman–Crippen MR) is 118 cm³/mol. The summed E-state index contributed by atoms with van der Waals surface area (Å²) in [5.41, 5.74) is 2.47. The zero-order valence-electron chi connectivity index (χ0n) is 17.0. The molecule has 0 aliphatic heterocycles. The van der Waals surface area contributed by atoms with Gasteiger partial charge in [0.2, 0.25) is 0 Å². The van der Waals surface area contributed by atoms with Crippen molar-refractivity contribution in [1.82, 2.24) is 14.9 Å². The summed E-state index contributed by atoms with van der Waals surface area (Å²) in [5, 5.41) is 6.60. The van der Waals surface area contributed by atoms with Gasteiger partial charge >= 0.3 is 0 Å². The number of benzene rings is 1. The fourth-order valence-electron chi connectivity index (χ4n) is 2.83. The van der Waals surface area contributed by atoms with Crippen LogP contribution in [0.15, 0.2) is 45.6 Å². The van der Waals surface area contributed by atoms with Crippen LogP contribution in [0.2, 0.25) is 0 Å². The predicted octanol–water partition coefficient (Wildman–Crippen LogP) is 2.99. The van der Waals surface area contributed by atoms with Crippen LogP contribution in [0.4, 0.5) is 0 Å². The SMILES string of the molecule is CCN(CC)S(=O)(=O)c1ccc(CCNC(=NC)NCc2ccccc2C)s1. The summed E-state index contributed by atoms with van der Waals surface area (Å²) in [6.07, 6.45) is 0.740. The van der Waals surface area contributed by atoms with Crippen LogP contribution in [-0.4, -0.2) is 45.4 Å². The molecule has 1 heterocycles. The Balaban J connectivity index is 1.87. The van der Waals surface area contributed by atoms with Crippen molar-refractivity contribution in [3.63, 3.8) is 0 Å². The van der Waals surface area contributed by atoms with Gasteiger partial charge in [-0.25, -0.2) is 8.42 Å². The number of guanidine groups is 1. The Morgan fingerprint density at radius 2 is 1.82 bits per heavy atom. The van der Waals surface area contributed by atoms with Crippen LogP contribution in [0.5, 0.6) is 0 Å². The van der Waals surface area contributed by atoms with Crippen LogP contribution in [-0.2, 0) is 23.0 Å². The third-order valence-corrected chi connectivity index (χ3v) is 8.19. The summed E-state index contributed by atoms with van der Waals surface area (Å²) in [7, 11) is -1.63. The number of hydrogen-bond acceptors (Lipinski definition) is 4. The Morgan fingerprint density at radius 3 is 2.46 bits per heavy atom. The van der Waals surface area contributed by atoms with E-state index in [9.17, 15) is 8.42 Å². The summed E-state index contributed by atoms with van der Waals surface area (Å²) in [6.45, 7) is 8.15. The topological polar surface area (TPSA) is 73.8 Å². The maximum Gasteiger partial charge on any atom is 0.252 e. The van der Waals surface area contributed by atoms with E-state index < -0.39 is 10.0 Å². The second kappa shape index (κ2) is 10.6. The number of aliphatic imine (C=N–C) groups is 1. The lowest BCUT2D eigenvalue weighted by Gasteiger charge is -2.16. The van der Waals surface area contributed by atoms with Crippen molar-refractivity contribution < 1.29 is 8.42 Å². The molecule has 0 fully saturated rings. The van der Waals surface area contributed by atoms with Gasteiger partial charge in [0.05, 0.1) is 0 Å². The van der Waals surface area contributed by atoms with E-state index in [0.717, 1.165) is 17.3 Å². The van der Waals surface area contributed by atoms with Gasteiger partial charge in [-0.15, -0.1) is 11.3 Å². The number of hydrogen-bond donors (Lipinski definition) is 2. The molecule has 154 valence electrons. The molecular formula is C20H30N4O2S2. The molecule has 0 amide bonds. The molecule has 0 saturated heterocycles. The minimum atomic E-state index is -3.37. The monoisotopic (exact) mass is 422 g/mol. The van der Waals surface area contributed by atoms with Gasteiger partial charge in [-0.2, -0.15) is 4.31 Å². The Bertz CT molecular complexity index is 887. The molecule has 6 nitrogen and oxygen atoms in total. The van der Waals surface area contributed by atoms with Gasteiger partial charge in [0.15, 0.2) is 5.96 Å². The van der Waals surface area contributed by atoms with Crippen molar-refractivity contribution in [3.8, 4) is 0 Å². The van der Waals surface area contributed by atoms with E-state index in [4.69, 9.17) is 0 Å². The molecule has 28 heavy (non-hydrogen) atoms. The van der Waals surface area contributed by atoms with Gasteiger partial charge in [-0.1, -0.05) is 38.1 Å². The minimum Gasteiger partial charge on any atom is -0.356 e. The summed E-state index contributed by atoms with van der Waals surface area (Å²) >= 11 is 1.34. The largest absolute Gasteiger partial charge is 0.356 e. The maximum atomic E-state index is 12.6. The van der Waals surface area contributed by atoms with E-state index in [2.05, 4.69) is 34.7 Å². The average Bonchev–Trinajstić information content (AvgIpc) is 3.16. The first-order valence-corrected chi connectivity index (χ1v) is 11.8. The van der Waals surface area contributed by atoms with Gasteiger partial charge in [0, 0.05) is 38.1 Å². The van der Waals surface area contributed by atoms with Crippen molar-refractivity contribution in [2.24, 2.45) is 4.99 Å². The van der Waals surface area contributed by atoms with E-state index in [-0.39, 0.29) is 0 Å². The van der Waals surface area contributed by atoms with Gasteiger partial charge in [0.25, 0.3) is 10.0 Å². The molecule has 0 atom stereocenters. The highest BCUT2D eigenvalue weighted by atomic mass is 32.2. The zero-order valence-corrected chi connectivity index (χ0v) is 18.7. The Morgan fingerprint density at radius 1 is 1.11 bits per heavy atom. The van der Waals surface area contributed by atoms with Crippen LogP contribution < -0.4 is 10.6 Å². The van der Waals surface area contributed by atoms with Crippen molar-refractivity contribution in [2.75, 3.05) is 26.7 Å². The number of nitrogens with zero attached hydrogens (tertiary/aromatic N) is 2. The molecule has 0 aliphatic carbocycles. The molecule has 0 saturated carbocycles. The van der Waals surface area contributed by atoms with Crippen LogP contribution in [0.1, 0.15) is 29.9 Å². The third-order valence-electron chi connectivity index (χ3n) is 4.53. The number of aryl methyl sites for hydroxylation is 1. The Hall–Kier alpha value is -1.90. The first kappa shape index (κ1) is 22.4. The molecular weight excluding hydrogens is 392 g/mol. The van der Waals surface area contributed by atoms with Crippen LogP contribution >= 0.6 is 11.3 Å². The van der Waals surface area contributed by atoms with Crippen LogP contribution in [0.25, 0.3) is 0 Å². The quantitative estimate of drug-likeness (QED) is 0.481. The highest BCUT2D eigenvalue weighted by molar-refractivity contribution is 7.91. The molecule has 0 radical (unpaired) electrons. The first-order chi connectivity index (χ1) is 13.4. The van der Waals surface area contributed by atoms with Gasteiger partial charge in [0.1, 0.15) is 4.21 Å². The lowest BCUT2D eigenvalue weighted by molar-refractivity contribution is 0.447. The van der Waals surface area contributed by atoms with Crippen molar-refractivity contribution in [2.45, 2.75) is 37.9 Å². The molecule has 1 aromatic carbocycles. The highest BCUT2D eigenvalue weighted by Gasteiger charge is 2.23. The molecule has 0 spiro atoms. The Labute approximate surface area is 172 Å². The lowest BCUT2D eigenvalue weighted by atomic mass is 10.1. The highest BCUT2D eigenvalue weighted by Crippen LogP contribution is 2.25. The number of thiophene rings is 1. The fourth-order valence-corrected chi connectivity index (χ4v) is 5.80. The zero-order chi connectivity index (χ0) is 20.6. The van der Waals surface area contributed by atoms with E-state index >= 15 is 0 Å². The molecule has 1 aromatic heterocycles. The molecule has 2 N–H and O–H groups in total. The average molecular weight is 423 g/mol. The second-order valence-electron chi connectivity index (χ2n) is 6.34. The van der Waals surface area contributed by atoms with Crippen molar-refractivity contribution in [3.05, 3.63) is 52.4 Å². The Kier molecular flexibility index (Phi) is 8.47. The van der Waals surface area contributed by atoms with Crippen LogP contribution in [0, 0.1) is 6.92 Å². The molecule has 8 heteroatoms. The van der Waals surface area contributed by atoms with Crippen molar-refractivity contribution >= 4 is 27.3 Å². The summed E-state index contributed by atoms with van der Waals surface area (Å²) in [5.74, 6) is 0.732. The molecule has 0 bridgehead atoms. The number of nitrogens with one attached hydrogen (secondary N) is 2. The molecule has 2 aromatic rings. The van der Waals surface area contributed by atoms with E-state index in [1.54, 1.807) is 13.1 Å². The summed E-state index contributed by atoms with van der Waals surface area (Å²) in [4.78, 5) is 5.28. The number of rotatable bonds is 9. The van der Waals surface area contributed by atoms with Gasteiger partial charge in [-0.05, 0) is 36.6 Å². The minimum absolute atomic E-state index is 0.410. The van der Waals surface area contributed by atoms with E-state index in [1.165, 1.54) is 26.8 Å². The van der Waals surface area contributed by atoms with Gasteiger partial charge < -0.3 is 10.6 Å². The lowest BCUT2D eigenvalue weighted by Crippen LogP contribution is -2.37. The smallest absolute Gasteiger partial charge is 0.252 e. The normalized spacial score (nSPS) is 12.4. The summed E-state index contributed by atoms with van der Waals surface area (Å²) in [6, 6.07) is 11.8. The van der Waals surface area contributed by atoms with Gasteiger partial charge in [-0.3, -0.25) is 4.99 Å². The summed E-state index contributed by atoms with van der Waals surface area (Å²) < 4.78 is 27.0. The standard InChI is InChI=1S/C20H30N4O2S2/c1-5-24(6-2)28(25,26)19-12-11-18(27-19)13-14-22-20(21-4)23-15-17-10-8-7-9-16(17)3/h7-12H,5-6,13-15H2,1-4H3,(H2,21,22,23). The molecule has 2 rings (SSSR count). The van der Waals surface area contributed by atoms with Crippen molar-refractivity contribution in [1.29, 1.82) is 0 Å². The molecule has 0 aliphatic rings. The first-order valence-electron chi connectivity index (χ1n) is 9.50. The maximum absolute atomic E-state index is 12.6. The van der Waals surface area contributed by atoms with E-state index in [0.29, 0.717) is 30.4 Å². The fraction of sp³-hybridized carbons (Fsp3) is 0.450.